The van der Waals surface area contributed by atoms with Crippen molar-refractivity contribution in [3.63, 3.8) is 0 Å². The molecule has 0 bridgehead atoms. The van der Waals surface area contributed by atoms with Gasteiger partial charge in [0, 0.05) is 5.69 Å². The predicted molar refractivity (Wildman–Crippen MR) is 73.6 cm³/mol. The molecule has 0 saturated carbocycles. The summed E-state index contributed by atoms with van der Waals surface area (Å²) >= 11 is 1.43. The molecule has 0 aliphatic rings. The van der Waals surface area contributed by atoms with E-state index in [1.54, 1.807) is 5.51 Å². The van der Waals surface area contributed by atoms with Gasteiger partial charge >= 0.3 is 0 Å². The molecule has 0 radical (unpaired) electrons. The van der Waals surface area contributed by atoms with E-state index < -0.39 is 11.9 Å². The molecule has 5 heteroatoms. The van der Waals surface area contributed by atoms with Crippen molar-refractivity contribution in [2.45, 2.75) is 19.9 Å². The highest BCUT2D eigenvalue weighted by molar-refractivity contribution is 7.10. The summed E-state index contributed by atoms with van der Waals surface area (Å²) in [6, 6.07) is 7.31. The first-order valence-electron chi connectivity index (χ1n) is 5.60. The van der Waals surface area contributed by atoms with Crippen molar-refractivity contribution in [1.82, 2.24) is 4.98 Å². The number of carbonyl (C=O) groups is 1. The van der Waals surface area contributed by atoms with Crippen LogP contribution >= 0.6 is 11.3 Å². The SMILES string of the molecule is Cc1ccc(NC(C(N)=O)c2scnc2C)cc1. The Bertz CT molecular complexity index is 548. The average Bonchev–Trinajstić information content (AvgIpc) is 2.74. The first-order chi connectivity index (χ1) is 8.58. The van der Waals surface area contributed by atoms with Crippen LogP contribution < -0.4 is 11.1 Å². The van der Waals surface area contributed by atoms with Crippen molar-refractivity contribution < 1.29 is 4.79 Å². The number of hydrogen-bond donors (Lipinski definition) is 2. The Balaban J connectivity index is 2.25. The summed E-state index contributed by atoms with van der Waals surface area (Å²) in [5.74, 6) is -0.400. The van der Waals surface area contributed by atoms with Gasteiger partial charge in [-0.25, -0.2) is 4.98 Å². The molecule has 1 unspecified atom stereocenters. The van der Waals surface area contributed by atoms with Crippen LogP contribution in [0.25, 0.3) is 0 Å². The molecule has 1 aromatic heterocycles. The van der Waals surface area contributed by atoms with E-state index in [9.17, 15) is 4.79 Å². The van der Waals surface area contributed by atoms with Crippen LogP contribution in [0.3, 0.4) is 0 Å². The number of benzene rings is 1. The van der Waals surface area contributed by atoms with Crippen molar-refractivity contribution in [1.29, 1.82) is 0 Å². The van der Waals surface area contributed by atoms with Crippen LogP contribution in [0.1, 0.15) is 22.2 Å². The lowest BCUT2D eigenvalue weighted by molar-refractivity contribution is -0.118. The quantitative estimate of drug-likeness (QED) is 0.888. The second-order valence-corrected chi connectivity index (χ2v) is 5.03. The lowest BCUT2D eigenvalue weighted by atomic mass is 10.1. The molecule has 1 amide bonds. The number of aromatic nitrogens is 1. The zero-order valence-electron chi connectivity index (χ0n) is 10.3. The molecule has 0 aliphatic carbocycles. The largest absolute Gasteiger partial charge is 0.369 e. The van der Waals surface area contributed by atoms with Gasteiger partial charge in [0.25, 0.3) is 0 Å². The molecule has 3 N–H and O–H groups in total. The minimum atomic E-state index is -0.528. The molecule has 94 valence electrons. The number of rotatable bonds is 4. The molecule has 18 heavy (non-hydrogen) atoms. The van der Waals surface area contributed by atoms with Crippen molar-refractivity contribution in [2.24, 2.45) is 5.73 Å². The molecular weight excluding hydrogens is 246 g/mol. The Hall–Kier alpha value is -1.88. The summed E-state index contributed by atoms with van der Waals surface area (Å²) < 4.78 is 0. The highest BCUT2D eigenvalue weighted by atomic mass is 32.1. The van der Waals surface area contributed by atoms with Gasteiger partial charge in [-0.05, 0) is 26.0 Å². The average molecular weight is 261 g/mol. The number of hydrogen-bond acceptors (Lipinski definition) is 4. The maximum Gasteiger partial charge on any atom is 0.245 e. The van der Waals surface area contributed by atoms with Gasteiger partial charge in [-0.1, -0.05) is 17.7 Å². The molecule has 2 rings (SSSR count). The van der Waals surface area contributed by atoms with Crippen LogP contribution in [0, 0.1) is 13.8 Å². The van der Waals surface area contributed by atoms with Crippen molar-refractivity contribution in [2.75, 3.05) is 5.32 Å². The molecule has 0 fully saturated rings. The summed E-state index contributed by atoms with van der Waals surface area (Å²) in [7, 11) is 0. The van der Waals surface area contributed by atoms with Gasteiger partial charge in [0.2, 0.25) is 5.91 Å². The van der Waals surface area contributed by atoms with Crippen LogP contribution in [0.2, 0.25) is 0 Å². The maximum absolute atomic E-state index is 11.6. The number of nitrogens with one attached hydrogen (secondary N) is 1. The van der Waals surface area contributed by atoms with E-state index in [-0.39, 0.29) is 0 Å². The van der Waals surface area contributed by atoms with Crippen LogP contribution in [0.4, 0.5) is 5.69 Å². The van der Waals surface area contributed by atoms with Gasteiger partial charge in [-0.15, -0.1) is 11.3 Å². The van der Waals surface area contributed by atoms with E-state index >= 15 is 0 Å². The fourth-order valence-corrected chi connectivity index (χ4v) is 2.53. The molecule has 1 aromatic carbocycles. The fraction of sp³-hybridized carbons (Fsp3) is 0.231. The third-order valence-corrected chi connectivity index (χ3v) is 3.69. The van der Waals surface area contributed by atoms with E-state index in [0.29, 0.717) is 0 Å². The van der Waals surface area contributed by atoms with E-state index in [4.69, 9.17) is 5.73 Å². The molecule has 0 spiro atoms. The van der Waals surface area contributed by atoms with Crippen LogP contribution in [0.15, 0.2) is 29.8 Å². The number of nitrogens with zero attached hydrogens (tertiary/aromatic N) is 1. The Morgan fingerprint density at radius 2 is 2.00 bits per heavy atom. The fourth-order valence-electron chi connectivity index (χ4n) is 1.67. The third-order valence-electron chi connectivity index (χ3n) is 2.69. The summed E-state index contributed by atoms with van der Waals surface area (Å²) in [5, 5.41) is 3.14. The van der Waals surface area contributed by atoms with Crippen LogP contribution in [-0.2, 0) is 4.79 Å². The molecular formula is C13H15N3OS. The number of thiazole rings is 1. The number of amides is 1. The standard InChI is InChI=1S/C13H15N3OS/c1-8-3-5-10(6-4-8)16-11(13(14)17)12-9(2)15-7-18-12/h3-7,11,16H,1-2H3,(H2,14,17). The number of anilines is 1. The van der Waals surface area contributed by atoms with E-state index in [1.807, 2.05) is 38.1 Å². The molecule has 0 aliphatic heterocycles. The van der Waals surface area contributed by atoms with E-state index in [2.05, 4.69) is 10.3 Å². The monoisotopic (exact) mass is 261 g/mol. The summed E-state index contributed by atoms with van der Waals surface area (Å²) in [6.45, 7) is 3.89. The molecule has 4 nitrogen and oxygen atoms in total. The van der Waals surface area contributed by atoms with Crippen molar-refractivity contribution >= 4 is 22.9 Å². The van der Waals surface area contributed by atoms with Crippen molar-refractivity contribution in [3.8, 4) is 0 Å². The van der Waals surface area contributed by atoms with Gasteiger partial charge in [-0.3, -0.25) is 4.79 Å². The first-order valence-corrected chi connectivity index (χ1v) is 6.48. The van der Waals surface area contributed by atoms with Gasteiger partial charge in [0.15, 0.2) is 0 Å². The molecule has 2 aromatic rings. The highest BCUT2D eigenvalue weighted by Crippen LogP contribution is 2.25. The molecule has 0 saturated heterocycles. The maximum atomic E-state index is 11.6. The van der Waals surface area contributed by atoms with Gasteiger partial charge in [0.1, 0.15) is 6.04 Å². The second-order valence-electron chi connectivity index (χ2n) is 4.15. The van der Waals surface area contributed by atoms with Crippen molar-refractivity contribution in [3.05, 3.63) is 45.9 Å². The predicted octanol–water partition coefficient (Wildman–Crippen LogP) is 2.40. The number of nitrogens with two attached hydrogens (primary N) is 1. The van der Waals surface area contributed by atoms with Gasteiger partial charge < -0.3 is 11.1 Å². The van der Waals surface area contributed by atoms with Crippen LogP contribution in [-0.4, -0.2) is 10.9 Å². The summed E-state index contributed by atoms with van der Waals surface area (Å²) in [5.41, 5.74) is 10.1. The summed E-state index contributed by atoms with van der Waals surface area (Å²) in [6.07, 6.45) is 0. The molecule has 1 heterocycles. The van der Waals surface area contributed by atoms with E-state index in [0.717, 1.165) is 16.3 Å². The smallest absolute Gasteiger partial charge is 0.245 e. The zero-order chi connectivity index (χ0) is 13.1. The Morgan fingerprint density at radius 1 is 1.33 bits per heavy atom. The van der Waals surface area contributed by atoms with E-state index in [1.165, 1.54) is 16.9 Å². The number of primary amides is 1. The first kappa shape index (κ1) is 12.6. The Kier molecular flexibility index (Phi) is 3.62. The highest BCUT2D eigenvalue weighted by Gasteiger charge is 2.21. The number of carbonyl (C=O) groups excluding carboxylic acids is 1. The number of aryl methyl sites for hydroxylation is 2. The second kappa shape index (κ2) is 5.18. The Labute approximate surface area is 110 Å². The molecule has 1 atom stereocenters. The Morgan fingerprint density at radius 3 is 2.50 bits per heavy atom. The topological polar surface area (TPSA) is 68.0 Å². The van der Waals surface area contributed by atoms with Gasteiger partial charge in [0.05, 0.1) is 16.1 Å². The zero-order valence-corrected chi connectivity index (χ0v) is 11.1. The normalized spacial score (nSPS) is 12.1. The van der Waals surface area contributed by atoms with Gasteiger partial charge in [-0.2, -0.15) is 0 Å². The third kappa shape index (κ3) is 2.68. The lowest BCUT2D eigenvalue weighted by Gasteiger charge is -2.16. The summed E-state index contributed by atoms with van der Waals surface area (Å²) in [4.78, 5) is 16.6. The minimum Gasteiger partial charge on any atom is -0.369 e. The minimum absolute atomic E-state index is 0.400. The lowest BCUT2D eigenvalue weighted by Crippen LogP contribution is -2.27. The van der Waals surface area contributed by atoms with Crippen LogP contribution in [0.5, 0.6) is 0 Å².